The Morgan fingerprint density at radius 2 is 1.69 bits per heavy atom. The first-order valence-electron chi connectivity index (χ1n) is 7.92. The molecule has 6 heteroatoms. The number of Topliss-reactive ketones (excluding diaryl/α,β-unsaturated/α-hetero) is 1. The Bertz CT molecular complexity index is 965. The number of ketones is 1. The van der Waals surface area contributed by atoms with Gasteiger partial charge in [-0.3, -0.25) is 4.79 Å². The molecule has 0 radical (unpaired) electrons. The molecule has 26 heavy (non-hydrogen) atoms. The highest BCUT2D eigenvalue weighted by Gasteiger charge is 2.17. The lowest BCUT2D eigenvalue weighted by Crippen LogP contribution is -2.13. The van der Waals surface area contributed by atoms with Gasteiger partial charge < -0.3 is 9.30 Å². The smallest absolute Gasteiger partial charge is 0.202 e. The Kier molecular flexibility index (Phi) is 5.90. The van der Waals surface area contributed by atoms with E-state index in [-0.39, 0.29) is 12.4 Å². The highest BCUT2D eigenvalue weighted by atomic mass is 79.9. The third kappa shape index (κ3) is 4.05. The van der Waals surface area contributed by atoms with Crippen molar-refractivity contribution < 1.29 is 9.53 Å². The lowest BCUT2D eigenvalue weighted by molar-refractivity contribution is 0.0921. The van der Waals surface area contributed by atoms with Crippen molar-refractivity contribution in [2.24, 2.45) is 0 Å². The van der Waals surface area contributed by atoms with Crippen molar-refractivity contribution in [3.63, 3.8) is 0 Å². The number of carbonyl (C=O) groups is 1. The fourth-order valence-corrected chi connectivity index (χ4v) is 3.84. The zero-order valence-electron chi connectivity index (χ0n) is 14.2. The van der Waals surface area contributed by atoms with Crippen molar-refractivity contribution in [1.29, 1.82) is 0 Å². The second kappa shape index (κ2) is 7.99. The summed E-state index contributed by atoms with van der Waals surface area (Å²) in [4.78, 5) is 12.7. The molecule has 1 heterocycles. The van der Waals surface area contributed by atoms with E-state index in [9.17, 15) is 4.79 Å². The van der Waals surface area contributed by atoms with Gasteiger partial charge in [-0.05, 0) is 62.4 Å². The van der Waals surface area contributed by atoms with Crippen molar-refractivity contribution in [2.75, 3.05) is 6.61 Å². The van der Waals surface area contributed by atoms with E-state index in [0.29, 0.717) is 16.3 Å². The summed E-state index contributed by atoms with van der Waals surface area (Å²) in [6.45, 7) is 3.86. The second-order valence-corrected chi connectivity index (χ2v) is 8.12. The molecule has 3 aromatic rings. The molecule has 0 atom stereocenters. The normalized spacial score (nSPS) is 10.8. The number of ether oxygens (including phenoxy) is 1. The van der Waals surface area contributed by atoms with E-state index in [1.807, 2.05) is 50.2 Å². The van der Waals surface area contributed by atoms with E-state index in [0.717, 1.165) is 26.0 Å². The maximum absolute atomic E-state index is 12.7. The van der Waals surface area contributed by atoms with Gasteiger partial charge in [0.05, 0.1) is 5.02 Å². The average Bonchev–Trinajstić information content (AvgIpc) is 2.89. The minimum atomic E-state index is -0.0829. The fourth-order valence-electron chi connectivity index (χ4n) is 2.85. The molecule has 0 saturated carbocycles. The lowest BCUT2D eigenvalue weighted by Gasteiger charge is -2.10. The van der Waals surface area contributed by atoms with E-state index in [1.54, 1.807) is 12.1 Å². The number of rotatable bonds is 5. The molecule has 0 aliphatic rings. The highest BCUT2D eigenvalue weighted by molar-refractivity contribution is 9.10. The van der Waals surface area contributed by atoms with Gasteiger partial charge in [-0.2, -0.15) is 0 Å². The maximum Gasteiger partial charge on any atom is 0.202 e. The molecule has 0 fully saturated rings. The molecule has 2 aromatic carbocycles. The van der Waals surface area contributed by atoms with Crippen LogP contribution >= 0.6 is 43.5 Å². The zero-order chi connectivity index (χ0) is 18.8. The number of aryl methyl sites for hydroxylation is 1. The number of aromatic nitrogens is 1. The predicted molar refractivity (Wildman–Crippen MR) is 112 cm³/mol. The van der Waals surface area contributed by atoms with E-state index in [1.165, 1.54) is 0 Å². The van der Waals surface area contributed by atoms with Crippen molar-refractivity contribution >= 4 is 49.2 Å². The van der Waals surface area contributed by atoms with Gasteiger partial charge in [-0.1, -0.05) is 43.5 Å². The molecule has 3 rings (SSSR count). The Morgan fingerprint density at radius 3 is 2.35 bits per heavy atom. The van der Waals surface area contributed by atoms with Gasteiger partial charge in [-0.15, -0.1) is 0 Å². The molecule has 0 spiro atoms. The minimum absolute atomic E-state index is 0.0635. The molecular formula is C20H16Br2ClNO2. The third-order valence-corrected chi connectivity index (χ3v) is 5.39. The number of nitrogens with zero attached hydrogens (tertiary/aromatic N) is 1. The van der Waals surface area contributed by atoms with Gasteiger partial charge in [0, 0.05) is 31.6 Å². The van der Waals surface area contributed by atoms with Crippen LogP contribution in [0.1, 0.15) is 21.7 Å². The van der Waals surface area contributed by atoms with Crippen LogP contribution in [0.15, 0.2) is 57.5 Å². The zero-order valence-corrected chi connectivity index (χ0v) is 18.2. The Morgan fingerprint density at radius 1 is 1.04 bits per heavy atom. The monoisotopic (exact) mass is 495 g/mol. The number of carbonyl (C=O) groups excluding carboxylic acids is 1. The van der Waals surface area contributed by atoms with Crippen LogP contribution in [0.2, 0.25) is 5.02 Å². The number of hydrogen-bond acceptors (Lipinski definition) is 2. The largest absolute Gasteiger partial charge is 0.484 e. The van der Waals surface area contributed by atoms with Crippen LogP contribution in [-0.4, -0.2) is 17.0 Å². The molecule has 0 aliphatic carbocycles. The number of halogens is 3. The van der Waals surface area contributed by atoms with Gasteiger partial charge in [0.2, 0.25) is 5.78 Å². The van der Waals surface area contributed by atoms with Gasteiger partial charge in [0.25, 0.3) is 0 Å². The van der Waals surface area contributed by atoms with Gasteiger partial charge in [-0.25, -0.2) is 0 Å². The molecule has 0 amide bonds. The summed E-state index contributed by atoms with van der Waals surface area (Å²) >= 11 is 12.9. The van der Waals surface area contributed by atoms with Crippen LogP contribution < -0.4 is 4.74 Å². The topological polar surface area (TPSA) is 31.2 Å². The van der Waals surface area contributed by atoms with Crippen molar-refractivity contribution in [3.8, 4) is 11.4 Å². The summed E-state index contributed by atoms with van der Waals surface area (Å²) in [5, 5.41) is 0.465. The third-order valence-electron chi connectivity index (χ3n) is 4.07. The van der Waals surface area contributed by atoms with E-state index in [4.69, 9.17) is 16.3 Å². The van der Waals surface area contributed by atoms with Crippen LogP contribution in [0.25, 0.3) is 5.69 Å². The van der Waals surface area contributed by atoms with Crippen LogP contribution in [0, 0.1) is 13.8 Å². The van der Waals surface area contributed by atoms with Gasteiger partial charge >= 0.3 is 0 Å². The van der Waals surface area contributed by atoms with Crippen molar-refractivity contribution in [3.05, 3.63) is 79.5 Å². The summed E-state index contributed by atoms with van der Waals surface area (Å²) in [6.07, 6.45) is 0. The quantitative estimate of drug-likeness (QED) is 0.375. The first kappa shape index (κ1) is 19.2. The molecule has 1 aromatic heterocycles. The molecule has 0 saturated heterocycles. The van der Waals surface area contributed by atoms with Crippen LogP contribution in [-0.2, 0) is 0 Å². The SMILES string of the molecule is Cc1cc(C(=O)COc2ccc(Br)cc2Cl)c(C)n1-c1ccc(Br)cc1. The fraction of sp³-hybridized carbons (Fsp3) is 0.150. The molecule has 0 unspecified atom stereocenters. The first-order chi connectivity index (χ1) is 12.4. The molecule has 0 aliphatic heterocycles. The van der Waals surface area contributed by atoms with Crippen molar-refractivity contribution in [2.45, 2.75) is 13.8 Å². The Labute approximate surface area is 174 Å². The standard InChI is InChI=1S/C20H16Br2ClNO2/c1-12-9-17(13(2)24(12)16-6-3-14(21)4-7-16)19(25)11-26-20-8-5-15(22)10-18(20)23/h3-10H,11H2,1-2H3. The van der Waals surface area contributed by atoms with E-state index >= 15 is 0 Å². The van der Waals surface area contributed by atoms with Crippen LogP contribution in [0.3, 0.4) is 0 Å². The summed E-state index contributed by atoms with van der Waals surface area (Å²) in [5.74, 6) is 0.408. The van der Waals surface area contributed by atoms with Crippen LogP contribution in [0.5, 0.6) is 5.75 Å². The number of hydrogen-bond donors (Lipinski definition) is 0. The molecular weight excluding hydrogens is 481 g/mol. The minimum Gasteiger partial charge on any atom is -0.484 e. The molecule has 0 N–H and O–H groups in total. The van der Waals surface area contributed by atoms with Gasteiger partial charge in [0.1, 0.15) is 5.75 Å². The summed E-state index contributed by atoms with van der Waals surface area (Å²) in [7, 11) is 0. The van der Waals surface area contributed by atoms with Crippen molar-refractivity contribution in [1.82, 2.24) is 4.57 Å². The first-order valence-corrected chi connectivity index (χ1v) is 9.89. The Hall–Kier alpha value is -1.56. The number of benzene rings is 2. The second-order valence-electron chi connectivity index (χ2n) is 5.88. The van der Waals surface area contributed by atoms with Gasteiger partial charge in [0.15, 0.2) is 6.61 Å². The Balaban J connectivity index is 1.82. The molecule has 134 valence electrons. The van der Waals surface area contributed by atoms with Crippen LogP contribution in [0.4, 0.5) is 0 Å². The van der Waals surface area contributed by atoms with E-state index in [2.05, 4.69) is 36.4 Å². The summed E-state index contributed by atoms with van der Waals surface area (Å²) in [6, 6.07) is 15.2. The summed E-state index contributed by atoms with van der Waals surface area (Å²) < 4.78 is 9.55. The molecule has 0 bridgehead atoms. The predicted octanol–water partition coefficient (Wildman–Crippen LogP) is 6.53. The average molecular weight is 498 g/mol. The summed E-state index contributed by atoms with van der Waals surface area (Å²) in [5.41, 5.74) is 3.55. The molecule has 3 nitrogen and oxygen atoms in total. The van der Waals surface area contributed by atoms with E-state index < -0.39 is 0 Å². The lowest BCUT2D eigenvalue weighted by atomic mass is 10.1. The maximum atomic E-state index is 12.7. The highest BCUT2D eigenvalue weighted by Crippen LogP contribution is 2.28.